The molecule has 0 bridgehead atoms. The standard InChI is InChI=1S/C27H25FN2O3/c28-22-12-10-20(11-13-22)19-6-8-21(9-7-19)27-23-15-29(16-26(33)30(23)24(27)17-31)25(32)14-18-4-2-1-3-5-18/h1-13,23-24,27,31H,14-17H2/t23-,24+,27-/m1/s1. The minimum atomic E-state index is -0.287. The van der Waals surface area contributed by atoms with Crippen molar-refractivity contribution in [2.24, 2.45) is 0 Å². The number of benzene rings is 3. The van der Waals surface area contributed by atoms with Gasteiger partial charge in [-0.15, -0.1) is 0 Å². The van der Waals surface area contributed by atoms with E-state index in [1.54, 1.807) is 21.9 Å². The molecule has 2 saturated heterocycles. The van der Waals surface area contributed by atoms with Gasteiger partial charge in [0.25, 0.3) is 0 Å². The number of halogens is 1. The average Bonchev–Trinajstić information content (AvgIpc) is 2.82. The van der Waals surface area contributed by atoms with Crippen LogP contribution in [-0.4, -0.2) is 58.5 Å². The summed E-state index contributed by atoms with van der Waals surface area (Å²) in [6, 6.07) is 23.4. The molecular formula is C27H25FN2O3. The fraction of sp³-hybridized carbons (Fsp3) is 0.259. The first-order chi connectivity index (χ1) is 16.0. The van der Waals surface area contributed by atoms with Gasteiger partial charge >= 0.3 is 0 Å². The Balaban J connectivity index is 1.34. The van der Waals surface area contributed by atoms with Crippen LogP contribution < -0.4 is 0 Å². The van der Waals surface area contributed by atoms with Gasteiger partial charge in [0.15, 0.2) is 0 Å². The minimum absolute atomic E-state index is 0.0476. The van der Waals surface area contributed by atoms with Crippen molar-refractivity contribution in [1.82, 2.24) is 9.80 Å². The molecule has 5 nitrogen and oxygen atoms in total. The van der Waals surface area contributed by atoms with Crippen LogP contribution >= 0.6 is 0 Å². The minimum Gasteiger partial charge on any atom is -0.394 e. The first-order valence-corrected chi connectivity index (χ1v) is 11.1. The Labute approximate surface area is 192 Å². The quantitative estimate of drug-likeness (QED) is 0.657. The highest BCUT2D eigenvalue weighted by Gasteiger charge is 2.54. The van der Waals surface area contributed by atoms with Crippen molar-refractivity contribution in [3.63, 3.8) is 0 Å². The fourth-order valence-corrected chi connectivity index (χ4v) is 5.11. The third kappa shape index (κ3) is 4.02. The van der Waals surface area contributed by atoms with Crippen LogP contribution in [0, 0.1) is 5.82 Å². The molecule has 0 aliphatic carbocycles. The summed E-state index contributed by atoms with van der Waals surface area (Å²) in [6.45, 7) is 0.387. The Morgan fingerprint density at radius 2 is 1.58 bits per heavy atom. The van der Waals surface area contributed by atoms with Gasteiger partial charge in [0, 0.05) is 12.5 Å². The molecule has 1 N–H and O–H groups in total. The van der Waals surface area contributed by atoms with Crippen LogP contribution in [0.5, 0.6) is 0 Å². The molecule has 2 aliphatic heterocycles. The number of aliphatic hydroxyl groups excluding tert-OH is 1. The number of hydrogen-bond acceptors (Lipinski definition) is 3. The number of fused-ring (bicyclic) bond motifs is 1. The molecule has 3 atom stereocenters. The maximum atomic E-state index is 13.2. The van der Waals surface area contributed by atoms with Crippen molar-refractivity contribution in [3.05, 3.63) is 95.8 Å². The number of amides is 2. The molecule has 3 aromatic carbocycles. The van der Waals surface area contributed by atoms with Crippen LogP contribution in [-0.2, 0) is 16.0 Å². The molecule has 0 spiro atoms. The van der Waals surface area contributed by atoms with Gasteiger partial charge in [0.2, 0.25) is 11.8 Å². The van der Waals surface area contributed by atoms with Gasteiger partial charge in [-0.2, -0.15) is 0 Å². The van der Waals surface area contributed by atoms with E-state index in [-0.39, 0.29) is 55.2 Å². The zero-order chi connectivity index (χ0) is 22.9. The van der Waals surface area contributed by atoms with Crippen LogP contribution in [0.2, 0.25) is 0 Å². The molecular weight excluding hydrogens is 419 g/mol. The van der Waals surface area contributed by atoms with Crippen molar-refractivity contribution in [2.45, 2.75) is 24.4 Å². The van der Waals surface area contributed by atoms with Crippen molar-refractivity contribution >= 4 is 11.8 Å². The zero-order valence-corrected chi connectivity index (χ0v) is 18.1. The molecule has 0 radical (unpaired) electrons. The van der Waals surface area contributed by atoms with Crippen molar-refractivity contribution in [1.29, 1.82) is 0 Å². The van der Waals surface area contributed by atoms with E-state index in [0.29, 0.717) is 6.54 Å². The molecule has 2 fully saturated rings. The first-order valence-electron chi connectivity index (χ1n) is 11.1. The number of rotatable bonds is 5. The Hall–Kier alpha value is -3.51. The van der Waals surface area contributed by atoms with Crippen molar-refractivity contribution < 1.29 is 19.1 Å². The lowest BCUT2D eigenvalue weighted by atomic mass is 9.73. The molecule has 33 heavy (non-hydrogen) atoms. The van der Waals surface area contributed by atoms with Crippen LogP contribution in [0.25, 0.3) is 11.1 Å². The summed E-state index contributed by atoms with van der Waals surface area (Å²) in [7, 11) is 0. The van der Waals surface area contributed by atoms with Gasteiger partial charge in [-0.1, -0.05) is 66.7 Å². The topological polar surface area (TPSA) is 60.9 Å². The number of nitrogens with zero attached hydrogens (tertiary/aromatic N) is 2. The highest BCUT2D eigenvalue weighted by Crippen LogP contribution is 2.43. The predicted molar refractivity (Wildman–Crippen MR) is 123 cm³/mol. The largest absolute Gasteiger partial charge is 0.394 e. The lowest BCUT2D eigenvalue weighted by Crippen LogP contribution is -2.73. The summed E-state index contributed by atoms with van der Waals surface area (Å²) < 4.78 is 13.2. The Kier molecular flexibility index (Phi) is 5.68. The molecule has 3 aromatic rings. The van der Waals surface area contributed by atoms with Gasteiger partial charge in [-0.3, -0.25) is 9.59 Å². The Morgan fingerprint density at radius 1 is 0.939 bits per heavy atom. The Bertz CT molecular complexity index is 1150. The van der Waals surface area contributed by atoms with Crippen molar-refractivity contribution in [3.8, 4) is 11.1 Å². The SMILES string of the molecule is O=C(Cc1ccccc1)N1CC(=O)N2[C@H](C1)[C@@H](c1ccc(-c3ccc(F)cc3)cc1)[C@@H]2CO. The van der Waals surface area contributed by atoms with E-state index in [9.17, 15) is 19.1 Å². The van der Waals surface area contributed by atoms with E-state index in [1.165, 1.54) is 12.1 Å². The molecule has 2 amide bonds. The van der Waals surface area contributed by atoms with Gasteiger partial charge in [-0.25, -0.2) is 4.39 Å². The van der Waals surface area contributed by atoms with Gasteiger partial charge in [0.1, 0.15) is 5.82 Å². The van der Waals surface area contributed by atoms with E-state index >= 15 is 0 Å². The second kappa shape index (κ2) is 8.79. The van der Waals surface area contributed by atoms with E-state index in [4.69, 9.17) is 0 Å². The molecule has 6 heteroatoms. The molecule has 2 aliphatic rings. The highest BCUT2D eigenvalue weighted by atomic mass is 19.1. The fourth-order valence-electron chi connectivity index (χ4n) is 5.11. The van der Waals surface area contributed by atoms with Crippen LogP contribution in [0.3, 0.4) is 0 Å². The van der Waals surface area contributed by atoms with Gasteiger partial charge < -0.3 is 14.9 Å². The average molecular weight is 445 g/mol. The van der Waals surface area contributed by atoms with E-state index < -0.39 is 0 Å². The lowest BCUT2D eigenvalue weighted by Gasteiger charge is -2.58. The second-order valence-corrected chi connectivity index (χ2v) is 8.71. The molecule has 5 rings (SSSR count). The van der Waals surface area contributed by atoms with Crippen molar-refractivity contribution in [2.75, 3.05) is 19.7 Å². The lowest BCUT2D eigenvalue weighted by molar-refractivity contribution is -0.166. The number of aliphatic hydroxyl groups is 1. The summed E-state index contributed by atoms with van der Waals surface area (Å²) >= 11 is 0. The maximum absolute atomic E-state index is 13.2. The third-order valence-corrected chi connectivity index (χ3v) is 6.78. The summed E-state index contributed by atoms with van der Waals surface area (Å²) in [5.74, 6) is -0.504. The van der Waals surface area contributed by atoms with E-state index in [0.717, 1.165) is 22.3 Å². The van der Waals surface area contributed by atoms with Crippen LogP contribution in [0.15, 0.2) is 78.9 Å². The summed E-state index contributed by atoms with van der Waals surface area (Å²) in [5.41, 5.74) is 3.83. The first kappa shape index (κ1) is 21.3. The number of carbonyl (C=O) groups excluding carboxylic acids is 2. The predicted octanol–water partition coefficient (Wildman–Crippen LogP) is 3.23. The number of carbonyl (C=O) groups is 2. The molecule has 0 saturated carbocycles. The molecule has 168 valence electrons. The van der Waals surface area contributed by atoms with Crippen LogP contribution in [0.4, 0.5) is 4.39 Å². The second-order valence-electron chi connectivity index (χ2n) is 8.71. The number of hydrogen-bond donors (Lipinski definition) is 1. The smallest absolute Gasteiger partial charge is 0.242 e. The molecule has 2 heterocycles. The zero-order valence-electron chi connectivity index (χ0n) is 18.1. The third-order valence-electron chi connectivity index (χ3n) is 6.78. The number of piperazine rings is 1. The van der Waals surface area contributed by atoms with E-state index in [1.807, 2.05) is 54.6 Å². The van der Waals surface area contributed by atoms with Gasteiger partial charge in [-0.05, 0) is 34.4 Å². The maximum Gasteiger partial charge on any atom is 0.242 e. The summed E-state index contributed by atoms with van der Waals surface area (Å²) in [6.07, 6.45) is 0.265. The van der Waals surface area contributed by atoms with Gasteiger partial charge in [0.05, 0.1) is 31.7 Å². The molecule has 0 unspecified atom stereocenters. The summed E-state index contributed by atoms with van der Waals surface area (Å²) in [5, 5.41) is 9.99. The molecule has 0 aromatic heterocycles. The van der Waals surface area contributed by atoms with E-state index in [2.05, 4.69) is 0 Å². The van der Waals surface area contributed by atoms with Crippen LogP contribution in [0.1, 0.15) is 17.0 Å². The highest BCUT2D eigenvalue weighted by molar-refractivity contribution is 5.88. The Morgan fingerprint density at radius 3 is 2.21 bits per heavy atom. The summed E-state index contributed by atoms with van der Waals surface area (Å²) in [4.78, 5) is 29.1. The monoisotopic (exact) mass is 444 g/mol. The normalized spacial score (nSPS) is 22.0.